The maximum atomic E-state index is 10.8. The van der Waals surface area contributed by atoms with Crippen molar-refractivity contribution in [3.05, 3.63) is 77.0 Å². The number of aliphatic hydroxyl groups is 2. The standard InChI is InChI=1S/C20H20N4O2S/c1-12-8-10-14(11-9-12)16-15(13-6-4-3-5-7-13)17(25)18(26)24(16)19-21-20(27-2)23-22-19/h3-11,16,18,25-26H,1-2H3,(H,21,22,23)/t16-,18+/m1/s1. The summed E-state index contributed by atoms with van der Waals surface area (Å²) in [5, 5.41) is 29.3. The summed E-state index contributed by atoms with van der Waals surface area (Å²) in [6.45, 7) is 2.03. The van der Waals surface area contributed by atoms with Crippen LogP contribution in [-0.4, -0.2) is 37.9 Å². The van der Waals surface area contributed by atoms with E-state index in [1.165, 1.54) is 11.8 Å². The molecule has 2 atom stereocenters. The van der Waals surface area contributed by atoms with Crippen molar-refractivity contribution in [1.29, 1.82) is 0 Å². The summed E-state index contributed by atoms with van der Waals surface area (Å²) in [5.41, 5.74) is 3.60. The van der Waals surface area contributed by atoms with Gasteiger partial charge in [-0.05, 0) is 24.3 Å². The molecular weight excluding hydrogens is 360 g/mol. The lowest BCUT2D eigenvalue weighted by atomic mass is 9.93. The third kappa shape index (κ3) is 3.09. The normalized spacial score (nSPS) is 19.7. The van der Waals surface area contributed by atoms with Gasteiger partial charge in [-0.1, -0.05) is 71.9 Å². The molecule has 1 aromatic heterocycles. The van der Waals surface area contributed by atoms with Gasteiger partial charge in [0.25, 0.3) is 0 Å². The average molecular weight is 380 g/mol. The van der Waals surface area contributed by atoms with Gasteiger partial charge in [0.1, 0.15) is 5.76 Å². The van der Waals surface area contributed by atoms with Crippen molar-refractivity contribution in [3.63, 3.8) is 0 Å². The van der Waals surface area contributed by atoms with E-state index in [-0.39, 0.29) is 5.76 Å². The highest BCUT2D eigenvalue weighted by Crippen LogP contribution is 2.46. The van der Waals surface area contributed by atoms with Gasteiger partial charge in [0.15, 0.2) is 6.23 Å². The molecule has 2 heterocycles. The van der Waals surface area contributed by atoms with Gasteiger partial charge in [-0.15, -0.1) is 5.10 Å². The lowest BCUT2D eigenvalue weighted by Gasteiger charge is -2.28. The molecule has 0 aliphatic carbocycles. The number of aromatic amines is 1. The van der Waals surface area contributed by atoms with Crippen LogP contribution in [0.5, 0.6) is 0 Å². The second kappa shape index (κ2) is 7.09. The molecule has 0 spiro atoms. The number of nitrogens with one attached hydrogen (secondary N) is 1. The molecule has 0 unspecified atom stereocenters. The number of benzene rings is 2. The van der Waals surface area contributed by atoms with E-state index in [0.29, 0.717) is 16.7 Å². The van der Waals surface area contributed by atoms with Gasteiger partial charge in [-0.25, -0.2) is 5.10 Å². The maximum Gasteiger partial charge on any atom is 0.225 e. The molecule has 1 aliphatic rings. The Kier molecular flexibility index (Phi) is 4.63. The van der Waals surface area contributed by atoms with Gasteiger partial charge >= 0.3 is 0 Å². The van der Waals surface area contributed by atoms with Crippen LogP contribution in [-0.2, 0) is 0 Å². The Hall–Kier alpha value is -2.77. The molecule has 2 aromatic carbocycles. The van der Waals surface area contributed by atoms with E-state index in [1.54, 1.807) is 4.90 Å². The van der Waals surface area contributed by atoms with Crippen LogP contribution < -0.4 is 4.90 Å². The van der Waals surface area contributed by atoms with Crippen molar-refractivity contribution in [2.75, 3.05) is 11.2 Å². The van der Waals surface area contributed by atoms with Gasteiger partial charge in [0.05, 0.1) is 6.04 Å². The van der Waals surface area contributed by atoms with Crippen LogP contribution in [0.15, 0.2) is 65.5 Å². The van der Waals surface area contributed by atoms with E-state index >= 15 is 0 Å². The number of aliphatic hydroxyl groups excluding tert-OH is 2. The fraction of sp³-hybridized carbons (Fsp3) is 0.200. The molecule has 0 saturated heterocycles. The number of rotatable bonds is 4. The van der Waals surface area contributed by atoms with Crippen LogP contribution in [0.1, 0.15) is 22.7 Å². The Labute approximate surface area is 161 Å². The minimum absolute atomic E-state index is 0.0751. The zero-order chi connectivity index (χ0) is 19.0. The van der Waals surface area contributed by atoms with Crippen molar-refractivity contribution in [3.8, 4) is 0 Å². The quantitative estimate of drug-likeness (QED) is 0.599. The first-order chi connectivity index (χ1) is 13.1. The molecule has 3 N–H and O–H groups in total. The van der Waals surface area contributed by atoms with Crippen LogP contribution in [0, 0.1) is 6.92 Å². The van der Waals surface area contributed by atoms with Gasteiger partial charge in [-0.2, -0.15) is 4.98 Å². The molecule has 4 rings (SSSR count). The van der Waals surface area contributed by atoms with Crippen molar-refractivity contribution in [2.24, 2.45) is 0 Å². The predicted octanol–water partition coefficient (Wildman–Crippen LogP) is 3.68. The van der Waals surface area contributed by atoms with Crippen molar-refractivity contribution < 1.29 is 10.2 Å². The van der Waals surface area contributed by atoms with E-state index in [0.717, 1.165) is 16.7 Å². The molecule has 7 heteroatoms. The Bertz CT molecular complexity index is 969. The number of hydrogen-bond donors (Lipinski definition) is 3. The number of aromatic nitrogens is 3. The number of aryl methyl sites for hydroxylation is 1. The van der Waals surface area contributed by atoms with Gasteiger partial charge in [0.2, 0.25) is 11.1 Å². The van der Waals surface area contributed by atoms with Crippen molar-refractivity contribution in [1.82, 2.24) is 15.2 Å². The summed E-state index contributed by atoms with van der Waals surface area (Å²) < 4.78 is 0. The van der Waals surface area contributed by atoms with Gasteiger partial charge in [0, 0.05) is 5.57 Å². The molecule has 0 saturated carbocycles. The van der Waals surface area contributed by atoms with Crippen LogP contribution >= 0.6 is 11.8 Å². The van der Waals surface area contributed by atoms with Crippen molar-refractivity contribution in [2.45, 2.75) is 24.3 Å². The summed E-state index contributed by atoms with van der Waals surface area (Å²) in [4.78, 5) is 6.10. The first kappa shape index (κ1) is 17.6. The maximum absolute atomic E-state index is 10.8. The number of thioether (sulfide) groups is 1. The number of anilines is 1. The summed E-state index contributed by atoms with van der Waals surface area (Å²) in [6, 6.07) is 17.3. The van der Waals surface area contributed by atoms with E-state index in [4.69, 9.17) is 0 Å². The van der Waals surface area contributed by atoms with E-state index in [1.807, 2.05) is 67.8 Å². The fourth-order valence-corrected chi connectivity index (χ4v) is 3.69. The Balaban J connectivity index is 1.87. The third-order valence-corrected chi connectivity index (χ3v) is 5.24. The smallest absolute Gasteiger partial charge is 0.225 e. The highest BCUT2D eigenvalue weighted by molar-refractivity contribution is 7.98. The largest absolute Gasteiger partial charge is 0.507 e. The molecule has 0 bridgehead atoms. The highest BCUT2D eigenvalue weighted by atomic mass is 32.2. The van der Waals surface area contributed by atoms with Crippen molar-refractivity contribution >= 4 is 23.3 Å². The molecule has 6 nitrogen and oxygen atoms in total. The minimum Gasteiger partial charge on any atom is -0.507 e. The van der Waals surface area contributed by atoms with Gasteiger partial charge < -0.3 is 10.2 Å². The number of nitrogens with zero attached hydrogens (tertiary/aromatic N) is 3. The summed E-state index contributed by atoms with van der Waals surface area (Å²) in [6.07, 6.45) is 0.671. The molecule has 0 amide bonds. The summed E-state index contributed by atoms with van der Waals surface area (Å²) in [7, 11) is 0. The Morgan fingerprint density at radius 2 is 1.78 bits per heavy atom. The number of H-pyrrole nitrogens is 1. The molecule has 138 valence electrons. The van der Waals surface area contributed by atoms with E-state index in [9.17, 15) is 10.2 Å². The zero-order valence-electron chi connectivity index (χ0n) is 15.0. The molecule has 0 radical (unpaired) electrons. The van der Waals surface area contributed by atoms with E-state index in [2.05, 4.69) is 15.2 Å². The van der Waals surface area contributed by atoms with Crippen LogP contribution in [0.2, 0.25) is 0 Å². The monoisotopic (exact) mass is 380 g/mol. The zero-order valence-corrected chi connectivity index (χ0v) is 15.8. The molecule has 1 aliphatic heterocycles. The van der Waals surface area contributed by atoms with Crippen LogP contribution in [0.4, 0.5) is 5.95 Å². The summed E-state index contributed by atoms with van der Waals surface area (Å²) in [5.74, 6) is 0.337. The predicted molar refractivity (Wildman–Crippen MR) is 107 cm³/mol. The second-order valence-electron chi connectivity index (χ2n) is 6.40. The first-order valence-electron chi connectivity index (χ1n) is 8.58. The SMILES string of the molecule is CSc1n[nH]c(N2[C@@H](O)C(O)=C(c3ccccc3)[C@H]2c2ccc(C)cc2)n1. The first-order valence-corrected chi connectivity index (χ1v) is 9.80. The van der Waals surface area contributed by atoms with Crippen LogP contribution in [0.3, 0.4) is 0 Å². The topological polar surface area (TPSA) is 85.3 Å². The van der Waals surface area contributed by atoms with Crippen LogP contribution in [0.25, 0.3) is 5.57 Å². The fourth-order valence-electron chi connectivity index (χ4n) is 3.37. The number of hydrogen-bond acceptors (Lipinski definition) is 6. The second-order valence-corrected chi connectivity index (χ2v) is 7.18. The lowest BCUT2D eigenvalue weighted by Crippen LogP contribution is -2.35. The molecular formula is C20H20N4O2S. The molecule has 3 aromatic rings. The lowest BCUT2D eigenvalue weighted by molar-refractivity contribution is 0.156. The summed E-state index contributed by atoms with van der Waals surface area (Å²) >= 11 is 1.41. The Morgan fingerprint density at radius 3 is 2.41 bits per heavy atom. The average Bonchev–Trinajstić information content (AvgIpc) is 3.26. The minimum atomic E-state index is -1.21. The Morgan fingerprint density at radius 1 is 1.07 bits per heavy atom. The van der Waals surface area contributed by atoms with Gasteiger partial charge in [-0.3, -0.25) is 4.90 Å². The third-order valence-electron chi connectivity index (χ3n) is 4.69. The highest BCUT2D eigenvalue weighted by Gasteiger charge is 2.43. The van der Waals surface area contributed by atoms with E-state index < -0.39 is 12.3 Å². The molecule has 27 heavy (non-hydrogen) atoms. The molecule has 0 fully saturated rings.